The molecule has 1 saturated carbocycles. The van der Waals surface area contributed by atoms with Crippen LogP contribution in [-0.2, 0) is 6.54 Å². The highest BCUT2D eigenvalue weighted by Crippen LogP contribution is 2.29. The van der Waals surface area contributed by atoms with Crippen LogP contribution in [0.1, 0.15) is 44.3 Å². The van der Waals surface area contributed by atoms with E-state index in [-0.39, 0.29) is 0 Å². The Morgan fingerprint density at radius 2 is 2.05 bits per heavy atom. The molecule has 2 fully saturated rings. The topological polar surface area (TPSA) is 28.4 Å². The van der Waals surface area contributed by atoms with Crippen LogP contribution in [0.4, 0.5) is 0 Å². The van der Waals surface area contributed by atoms with Gasteiger partial charge in [-0.3, -0.25) is 4.90 Å². The molecule has 1 aromatic rings. The van der Waals surface area contributed by atoms with Crippen molar-refractivity contribution in [3.63, 3.8) is 0 Å². The Morgan fingerprint density at radius 1 is 1.21 bits per heavy atom. The monoisotopic (exact) mass is 262 g/mol. The van der Waals surface area contributed by atoms with Gasteiger partial charge in [0.1, 0.15) is 5.76 Å². The maximum atomic E-state index is 5.49. The minimum absolute atomic E-state index is 0.832. The summed E-state index contributed by atoms with van der Waals surface area (Å²) >= 11 is 0. The SMILES string of the molecule is c1coc(CN(CCCC2CCNCC2)C2CC2)c1. The van der Waals surface area contributed by atoms with Crippen molar-refractivity contribution < 1.29 is 4.42 Å². The Labute approximate surface area is 116 Å². The zero-order valence-electron chi connectivity index (χ0n) is 11.8. The number of nitrogens with one attached hydrogen (secondary N) is 1. The number of hydrogen-bond donors (Lipinski definition) is 1. The van der Waals surface area contributed by atoms with Crippen LogP contribution >= 0.6 is 0 Å². The lowest BCUT2D eigenvalue weighted by atomic mass is 9.93. The summed E-state index contributed by atoms with van der Waals surface area (Å²) in [7, 11) is 0. The second-order valence-corrected chi connectivity index (χ2v) is 6.12. The van der Waals surface area contributed by atoms with Crippen LogP contribution in [-0.4, -0.2) is 30.6 Å². The van der Waals surface area contributed by atoms with Gasteiger partial charge in [0.2, 0.25) is 0 Å². The summed E-state index contributed by atoms with van der Waals surface area (Å²) in [4.78, 5) is 2.62. The van der Waals surface area contributed by atoms with Crippen LogP contribution in [0, 0.1) is 5.92 Å². The van der Waals surface area contributed by atoms with E-state index in [9.17, 15) is 0 Å². The summed E-state index contributed by atoms with van der Waals surface area (Å²) in [6, 6.07) is 4.93. The van der Waals surface area contributed by atoms with Gasteiger partial charge < -0.3 is 9.73 Å². The second-order valence-electron chi connectivity index (χ2n) is 6.12. The molecule has 1 N–H and O–H groups in total. The van der Waals surface area contributed by atoms with Crippen LogP contribution in [0.3, 0.4) is 0 Å². The lowest BCUT2D eigenvalue weighted by molar-refractivity contribution is 0.219. The fourth-order valence-corrected chi connectivity index (χ4v) is 3.19. The Kier molecular flexibility index (Phi) is 4.57. The second kappa shape index (κ2) is 6.58. The van der Waals surface area contributed by atoms with Gasteiger partial charge in [-0.05, 0) is 76.2 Å². The molecule has 2 heterocycles. The van der Waals surface area contributed by atoms with Crippen LogP contribution in [0.5, 0.6) is 0 Å². The van der Waals surface area contributed by atoms with Crippen molar-refractivity contribution in [3.8, 4) is 0 Å². The highest BCUT2D eigenvalue weighted by molar-refractivity contribution is 4.99. The Bertz CT molecular complexity index is 353. The van der Waals surface area contributed by atoms with Gasteiger partial charge in [-0.25, -0.2) is 0 Å². The summed E-state index contributed by atoms with van der Waals surface area (Å²) < 4.78 is 5.49. The van der Waals surface area contributed by atoms with Crippen LogP contribution in [0.25, 0.3) is 0 Å². The summed E-state index contributed by atoms with van der Waals surface area (Å²) in [5, 5.41) is 3.45. The molecule has 0 atom stereocenters. The molecule has 1 aliphatic carbocycles. The zero-order chi connectivity index (χ0) is 12.9. The van der Waals surface area contributed by atoms with E-state index in [1.807, 2.05) is 6.07 Å². The average molecular weight is 262 g/mol. The fourth-order valence-electron chi connectivity index (χ4n) is 3.19. The molecule has 1 aromatic heterocycles. The highest BCUT2D eigenvalue weighted by Gasteiger charge is 2.29. The van der Waals surface area contributed by atoms with Crippen LogP contribution < -0.4 is 5.32 Å². The third-order valence-corrected chi connectivity index (χ3v) is 4.52. The maximum absolute atomic E-state index is 5.49. The molecule has 0 spiro atoms. The summed E-state index contributed by atoms with van der Waals surface area (Å²) in [5.74, 6) is 2.08. The van der Waals surface area contributed by atoms with E-state index in [4.69, 9.17) is 4.42 Å². The molecule has 106 valence electrons. The molecule has 2 aliphatic rings. The molecule has 3 heteroatoms. The largest absolute Gasteiger partial charge is 0.468 e. The Morgan fingerprint density at radius 3 is 2.74 bits per heavy atom. The molecule has 0 radical (unpaired) electrons. The van der Waals surface area contributed by atoms with E-state index in [0.29, 0.717) is 0 Å². The summed E-state index contributed by atoms with van der Waals surface area (Å²) in [5.41, 5.74) is 0. The average Bonchev–Trinajstić information content (AvgIpc) is 3.17. The molecule has 0 unspecified atom stereocenters. The van der Waals surface area contributed by atoms with Gasteiger partial charge in [-0.2, -0.15) is 0 Å². The van der Waals surface area contributed by atoms with Crippen molar-refractivity contribution in [1.29, 1.82) is 0 Å². The normalized spacial score (nSPS) is 21.1. The van der Waals surface area contributed by atoms with Crippen molar-refractivity contribution in [2.24, 2.45) is 5.92 Å². The first-order valence-electron chi connectivity index (χ1n) is 7.89. The van der Waals surface area contributed by atoms with E-state index in [1.165, 1.54) is 58.2 Å². The molecule has 3 nitrogen and oxygen atoms in total. The Balaban J connectivity index is 1.40. The van der Waals surface area contributed by atoms with E-state index in [0.717, 1.165) is 24.3 Å². The minimum Gasteiger partial charge on any atom is -0.468 e. The highest BCUT2D eigenvalue weighted by atomic mass is 16.3. The molecule has 0 aromatic carbocycles. The molecule has 3 rings (SSSR count). The number of rotatable bonds is 7. The lowest BCUT2D eigenvalue weighted by Crippen LogP contribution is -2.29. The minimum atomic E-state index is 0.832. The number of piperidine rings is 1. The van der Waals surface area contributed by atoms with E-state index < -0.39 is 0 Å². The van der Waals surface area contributed by atoms with Gasteiger partial charge >= 0.3 is 0 Å². The van der Waals surface area contributed by atoms with Gasteiger partial charge in [-0.15, -0.1) is 0 Å². The van der Waals surface area contributed by atoms with E-state index in [2.05, 4.69) is 16.3 Å². The van der Waals surface area contributed by atoms with Crippen LogP contribution in [0.2, 0.25) is 0 Å². The summed E-state index contributed by atoms with van der Waals surface area (Å²) in [6.45, 7) is 4.70. The maximum Gasteiger partial charge on any atom is 0.117 e. The van der Waals surface area contributed by atoms with Crippen molar-refractivity contribution in [2.75, 3.05) is 19.6 Å². The first-order chi connectivity index (χ1) is 9.42. The predicted molar refractivity (Wildman–Crippen MR) is 77.0 cm³/mol. The molecule has 19 heavy (non-hydrogen) atoms. The van der Waals surface area contributed by atoms with E-state index >= 15 is 0 Å². The molecular formula is C16H26N2O. The van der Waals surface area contributed by atoms with Crippen molar-refractivity contribution in [3.05, 3.63) is 24.2 Å². The van der Waals surface area contributed by atoms with Gasteiger partial charge in [-0.1, -0.05) is 0 Å². The lowest BCUT2D eigenvalue weighted by Gasteiger charge is -2.25. The third-order valence-electron chi connectivity index (χ3n) is 4.52. The van der Waals surface area contributed by atoms with Crippen molar-refractivity contribution in [1.82, 2.24) is 10.2 Å². The van der Waals surface area contributed by atoms with Gasteiger partial charge in [0.05, 0.1) is 12.8 Å². The third kappa shape index (κ3) is 4.08. The molecule has 0 amide bonds. The smallest absolute Gasteiger partial charge is 0.117 e. The van der Waals surface area contributed by atoms with Gasteiger partial charge in [0.25, 0.3) is 0 Å². The van der Waals surface area contributed by atoms with Crippen molar-refractivity contribution >= 4 is 0 Å². The number of furan rings is 1. The molecular weight excluding hydrogens is 236 g/mol. The Hall–Kier alpha value is -0.800. The van der Waals surface area contributed by atoms with Crippen molar-refractivity contribution in [2.45, 2.75) is 51.1 Å². The summed E-state index contributed by atoms with van der Waals surface area (Å²) in [6.07, 6.45) is 10.1. The molecule has 0 bridgehead atoms. The number of hydrogen-bond acceptors (Lipinski definition) is 3. The fraction of sp³-hybridized carbons (Fsp3) is 0.750. The van der Waals surface area contributed by atoms with Crippen LogP contribution in [0.15, 0.2) is 22.8 Å². The number of nitrogens with zero attached hydrogens (tertiary/aromatic N) is 1. The van der Waals surface area contributed by atoms with E-state index in [1.54, 1.807) is 6.26 Å². The van der Waals surface area contributed by atoms with Gasteiger partial charge in [0.15, 0.2) is 0 Å². The predicted octanol–water partition coefficient (Wildman–Crippen LogP) is 3.02. The first kappa shape index (κ1) is 13.2. The molecule has 1 aliphatic heterocycles. The first-order valence-corrected chi connectivity index (χ1v) is 7.89. The molecule has 1 saturated heterocycles. The van der Waals surface area contributed by atoms with Gasteiger partial charge in [0, 0.05) is 6.04 Å². The quantitative estimate of drug-likeness (QED) is 0.819. The zero-order valence-corrected chi connectivity index (χ0v) is 11.8. The standard InChI is InChI=1S/C16H26N2O/c1(3-14-7-9-17-10-8-14)11-18(15-5-6-15)13-16-4-2-12-19-16/h2,4,12,14-15,17H,1,3,5-11,13H2.